The molecule has 0 bridgehead atoms. The Balaban J connectivity index is 1.94. The maximum Gasteiger partial charge on any atom is 0.417 e. The van der Waals surface area contributed by atoms with E-state index >= 15 is 0 Å². The van der Waals surface area contributed by atoms with E-state index in [0.717, 1.165) is 23.6 Å². The average molecular weight is 320 g/mol. The molecule has 0 unspecified atom stereocenters. The van der Waals surface area contributed by atoms with Crippen LogP contribution in [0.4, 0.5) is 13.2 Å². The molecule has 0 amide bonds. The number of benzene rings is 1. The molecule has 120 valence electrons. The summed E-state index contributed by atoms with van der Waals surface area (Å²) in [4.78, 5) is 4.35. The van der Waals surface area contributed by atoms with Gasteiger partial charge in [0, 0.05) is 18.0 Å². The van der Waals surface area contributed by atoms with E-state index in [0.29, 0.717) is 11.3 Å². The molecule has 6 heteroatoms. The molecule has 0 saturated heterocycles. The summed E-state index contributed by atoms with van der Waals surface area (Å²) in [6, 6.07) is 9.71. The second kappa shape index (κ2) is 5.61. The highest BCUT2D eigenvalue weighted by Crippen LogP contribution is 2.30. The zero-order valence-corrected chi connectivity index (χ0v) is 12.6. The topological polar surface area (TPSA) is 26.5 Å². The van der Waals surface area contributed by atoms with Crippen LogP contribution in [0.1, 0.15) is 19.4 Å². The Morgan fingerprint density at radius 3 is 2.30 bits per heavy atom. The molecule has 3 nitrogen and oxygen atoms in total. The number of halogens is 3. The fraction of sp³-hybridized carbons (Fsp3) is 0.235. The Hall–Kier alpha value is -2.50. The molecule has 2 heterocycles. The third-order valence-corrected chi connectivity index (χ3v) is 3.30. The molecule has 2 aromatic heterocycles. The minimum Gasteiger partial charge on any atom is -0.491 e. The Labute approximate surface area is 131 Å². The quantitative estimate of drug-likeness (QED) is 0.692. The number of alkyl halides is 3. The lowest BCUT2D eigenvalue weighted by Gasteiger charge is -2.09. The number of nitrogens with zero attached hydrogens (tertiary/aromatic N) is 2. The van der Waals surface area contributed by atoms with Crippen LogP contribution in [0.15, 0.2) is 48.8 Å². The van der Waals surface area contributed by atoms with Crippen molar-refractivity contribution >= 4 is 5.65 Å². The van der Waals surface area contributed by atoms with Gasteiger partial charge in [-0.1, -0.05) is 0 Å². The van der Waals surface area contributed by atoms with E-state index in [9.17, 15) is 13.2 Å². The van der Waals surface area contributed by atoms with Gasteiger partial charge < -0.3 is 9.14 Å². The molecule has 23 heavy (non-hydrogen) atoms. The van der Waals surface area contributed by atoms with Crippen LogP contribution in [-0.4, -0.2) is 15.5 Å². The predicted molar refractivity (Wildman–Crippen MR) is 81.4 cm³/mol. The van der Waals surface area contributed by atoms with Gasteiger partial charge in [-0.2, -0.15) is 13.2 Å². The summed E-state index contributed by atoms with van der Waals surface area (Å²) in [6.45, 7) is 3.88. The highest BCUT2D eigenvalue weighted by molar-refractivity contribution is 5.63. The number of hydrogen-bond donors (Lipinski definition) is 0. The van der Waals surface area contributed by atoms with E-state index < -0.39 is 11.7 Å². The second-order valence-electron chi connectivity index (χ2n) is 5.50. The fourth-order valence-electron chi connectivity index (χ4n) is 2.28. The Morgan fingerprint density at radius 1 is 1.00 bits per heavy atom. The third-order valence-electron chi connectivity index (χ3n) is 3.30. The lowest BCUT2D eigenvalue weighted by atomic mass is 10.1. The molecule has 0 saturated carbocycles. The summed E-state index contributed by atoms with van der Waals surface area (Å²) >= 11 is 0. The van der Waals surface area contributed by atoms with Crippen molar-refractivity contribution in [2.45, 2.75) is 26.1 Å². The molecule has 3 aromatic rings. The highest BCUT2D eigenvalue weighted by Gasteiger charge is 2.30. The van der Waals surface area contributed by atoms with Gasteiger partial charge in [-0.05, 0) is 50.2 Å². The number of hydrogen-bond acceptors (Lipinski definition) is 2. The third kappa shape index (κ3) is 3.31. The van der Waals surface area contributed by atoms with E-state index in [1.54, 1.807) is 6.20 Å². The van der Waals surface area contributed by atoms with Crippen LogP contribution in [0.2, 0.25) is 0 Å². The molecule has 0 aliphatic carbocycles. The van der Waals surface area contributed by atoms with Gasteiger partial charge in [0.1, 0.15) is 11.4 Å². The summed E-state index contributed by atoms with van der Waals surface area (Å²) in [5, 5.41) is 0. The Morgan fingerprint density at radius 2 is 1.70 bits per heavy atom. The summed E-state index contributed by atoms with van der Waals surface area (Å²) in [7, 11) is 0. The SMILES string of the molecule is CC(C)Oc1ccc(-c2cn3cc(C(F)(F)F)ccc3n2)cc1. The van der Waals surface area contributed by atoms with Crippen molar-refractivity contribution in [1.82, 2.24) is 9.38 Å². The predicted octanol–water partition coefficient (Wildman–Crippen LogP) is 4.81. The molecule has 0 aliphatic rings. The fourth-order valence-corrected chi connectivity index (χ4v) is 2.28. The normalized spacial score (nSPS) is 12.1. The minimum absolute atomic E-state index is 0.0804. The van der Waals surface area contributed by atoms with Crippen molar-refractivity contribution in [3.8, 4) is 17.0 Å². The molecule has 1 aromatic carbocycles. The van der Waals surface area contributed by atoms with E-state index in [2.05, 4.69) is 4.98 Å². The van der Waals surface area contributed by atoms with E-state index in [-0.39, 0.29) is 6.10 Å². The van der Waals surface area contributed by atoms with E-state index in [4.69, 9.17) is 4.74 Å². The molecule has 0 aliphatic heterocycles. The van der Waals surface area contributed by atoms with E-state index in [1.165, 1.54) is 10.5 Å². The molecule has 0 fully saturated rings. The summed E-state index contributed by atoms with van der Waals surface area (Å²) in [6.07, 6.45) is -1.66. The summed E-state index contributed by atoms with van der Waals surface area (Å²) in [5.74, 6) is 0.742. The number of fused-ring (bicyclic) bond motifs is 1. The molecule has 0 atom stereocenters. The number of imidazole rings is 1. The summed E-state index contributed by atoms with van der Waals surface area (Å²) < 4.78 is 45.2. The standard InChI is InChI=1S/C17H15F3N2O/c1-11(2)23-14-6-3-12(4-7-14)15-10-22-9-13(17(18,19)20)5-8-16(22)21-15/h3-11H,1-2H3. The minimum atomic E-state index is -4.37. The van der Waals surface area contributed by atoms with Gasteiger partial charge in [0.2, 0.25) is 0 Å². The van der Waals surface area contributed by atoms with Gasteiger partial charge in [0.15, 0.2) is 0 Å². The van der Waals surface area contributed by atoms with Crippen molar-refractivity contribution < 1.29 is 17.9 Å². The van der Waals surface area contributed by atoms with Crippen LogP contribution in [0.25, 0.3) is 16.9 Å². The zero-order valence-electron chi connectivity index (χ0n) is 12.6. The first-order valence-corrected chi connectivity index (χ1v) is 7.16. The Bertz CT molecular complexity index is 820. The van der Waals surface area contributed by atoms with E-state index in [1.807, 2.05) is 38.1 Å². The molecular formula is C17H15F3N2O. The van der Waals surface area contributed by atoms with Crippen LogP contribution in [0.3, 0.4) is 0 Å². The van der Waals surface area contributed by atoms with Crippen LogP contribution in [0, 0.1) is 0 Å². The van der Waals surface area contributed by atoms with Crippen molar-refractivity contribution in [2.75, 3.05) is 0 Å². The smallest absolute Gasteiger partial charge is 0.417 e. The molecule has 0 N–H and O–H groups in total. The molecule has 0 spiro atoms. The molecular weight excluding hydrogens is 305 g/mol. The van der Waals surface area contributed by atoms with Crippen molar-refractivity contribution in [3.63, 3.8) is 0 Å². The lowest BCUT2D eigenvalue weighted by molar-refractivity contribution is -0.137. The van der Waals surface area contributed by atoms with Crippen LogP contribution < -0.4 is 4.74 Å². The van der Waals surface area contributed by atoms with Gasteiger partial charge in [0.25, 0.3) is 0 Å². The Kier molecular flexibility index (Phi) is 3.75. The number of pyridine rings is 1. The largest absolute Gasteiger partial charge is 0.491 e. The zero-order chi connectivity index (χ0) is 16.6. The second-order valence-corrected chi connectivity index (χ2v) is 5.50. The van der Waals surface area contributed by atoms with Crippen molar-refractivity contribution in [1.29, 1.82) is 0 Å². The first-order valence-electron chi connectivity index (χ1n) is 7.16. The van der Waals surface area contributed by atoms with Gasteiger partial charge in [-0.15, -0.1) is 0 Å². The highest BCUT2D eigenvalue weighted by atomic mass is 19.4. The van der Waals surface area contributed by atoms with Crippen molar-refractivity contribution in [2.24, 2.45) is 0 Å². The van der Waals surface area contributed by atoms with Crippen LogP contribution in [-0.2, 0) is 6.18 Å². The maximum atomic E-state index is 12.7. The number of ether oxygens (including phenoxy) is 1. The molecule has 3 rings (SSSR count). The molecule has 0 radical (unpaired) electrons. The first kappa shape index (κ1) is 15.4. The van der Waals surface area contributed by atoms with Crippen LogP contribution in [0.5, 0.6) is 5.75 Å². The van der Waals surface area contributed by atoms with Gasteiger partial charge in [-0.25, -0.2) is 4.98 Å². The van der Waals surface area contributed by atoms with Gasteiger partial charge in [0.05, 0.1) is 17.4 Å². The average Bonchev–Trinajstić information content (AvgIpc) is 2.89. The number of aromatic nitrogens is 2. The maximum absolute atomic E-state index is 12.7. The van der Waals surface area contributed by atoms with Crippen molar-refractivity contribution in [3.05, 3.63) is 54.4 Å². The monoisotopic (exact) mass is 320 g/mol. The summed E-state index contributed by atoms with van der Waals surface area (Å²) in [5.41, 5.74) is 1.20. The van der Waals surface area contributed by atoms with Crippen LogP contribution >= 0.6 is 0 Å². The van der Waals surface area contributed by atoms with Gasteiger partial charge in [-0.3, -0.25) is 0 Å². The first-order chi connectivity index (χ1) is 10.8. The number of rotatable bonds is 3. The lowest BCUT2D eigenvalue weighted by Crippen LogP contribution is -2.05. The van der Waals surface area contributed by atoms with Gasteiger partial charge >= 0.3 is 6.18 Å².